The molecule has 0 aliphatic heterocycles. The van der Waals surface area contributed by atoms with Crippen LogP contribution >= 0.6 is 0 Å². The van der Waals surface area contributed by atoms with Crippen molar-refractivity contribution >= 4 is 5.70 Å². The second-order valence-corrected chi connectivity index (χ2v) is 6.12. The van der Waals surface area contributed by atoms with Gasteiger partial charge in [0.15, 0.2) is 0 Å². The van der Waals surface area contributed by atoms with Crippen molar-refractivity contribution in [3.05, 3.63) is 64.6 Å². The van der Waals surface area contributed by atoms with Crippen molar-refractivity contribution < 1.29 is 8.81 Å². The summed E-state index contributed by atoms with van der Waals surface area (Å²) in [5.74, 6) is 0.195. The number of nitrogens with zero attached hydrogens (tertiary/aromatic N) is 3. The Morgan fingerprint density at radius 3 is 2.88 bits per heavy atom. The number of allylic oxidation sites excluding steroid dienone is 2. The fraction of sp³-hybridized carbons (Fsp3) is 0.333. The van der Waals surface area contributed by atoms with E-state index in [0.717, 1.165) is 24.8 Å². The van der Waals surface area contributed by atoms with Gasteiger partial charge in [-0.25, -0.2) is 14.1 Å². The van der Waals surface area contributed by atoms with Crippen molar-refractivity contribution in [2.24, 2.45) is 23.5 Å². The van der Waals surface area contributed by atoms with Crippen LogP contribution in [0.3, 0.4) is 0 Å². The van der Waals surface area contributed by atoms with Crippen LogP contribution in [0.15, 0.2) is 51.0 Å². The molecular formula is C18H22FN5O. The third kappa shape index (κ3) is 3.65. The molecule has 1 aromatic heterocycles. The van der Waals surface area contributed by atoms with Gasteiger partial charge < -0.3 is 15.9 Å². The molecule has 1 aliphatic rings. The van der Waals surface area contributed by atoms with Gasteiger partial charge in [-0.2, -0.15) is 0 Å². The van der Waals surface area contributed by atoms with E-state index in [0.29, 0.717) is 28.5 Å². The Kier molecular flexibility index (Phi) is 4.74. The zero-order valence-electron chi connectivity index (χ0n) is 14.4. The highest BCUT2D eigenvalue weighted by atomic mass is 19.1. The molecule has 1 aromatic carbocycles. The summed E-state index contributed by atoms with van der Waals surface area (Å²) in [6.07, 6.45) is 4.28. The molecule has 0 bridgehead atoms. The van der Waals surface area contributed by atoms with Gasteiger partial charge in [0.25, 0.3) is 0 Å². The van der Waals surface area contributed by atoms with Crippen molar-refractivity contribution in [1.29, 1.82) is 0 Å². The van der Waals surface area contributed by atoms with Crippen LogP contribution in [-0.2, 0) is 7.05 Å². The molecule has 2 aromatic rings. The molecule has 1 unspecified atom stereocenters. The molecule has 0 saturated heterocycles. The van der Waals surface area contributed by atoms with E-state index in [2.05, 4.69) is 10.1 Å². The quantitative estimate of drug-likeness (QED) is 0.892. The van der Waals surface area contributed by atoms with Gasteiger partial charge in [0.05, 0.1) is 6.04 Å². The Labute approximate surface area is 145 Å². The van der Waals surface area contributed by atoms with Gasteiger partial charge in [0, 0.05) is 30.9 Å². The maximum atomic E-state index is 13.9. The molecule has 1 atom stereocenters. The van der Waals surface area contributed by atoms with E-state index in [9.17, 15) is 4.39 Å². The summed E-state index contributed by atoms with van der Waals surface area (Å²) in [4.78, 5) is 4.57. The zero-order valence-corrected chi connectivity index (χ0v) is 14.4. The van der Waals surface area contributed by atoms with Crippen molar-refractivity contribution in [3.8, 4) is 0 Å². The molecule has 132 valence electrons. The van der Waals surface area contributed by atoms with E-state index in [1.54, 1.807) is 42.9 Å². The summed E-state index contributed by atoms with van der Waals surface area (Å²) in [5, 5.41) is 4.14. The fourth-order valence-electron chi connectivity index (χ4n) is 2.97. The predicted octanol–water partition coefficient (Wildman–Crippen LogP) is 2.13. The van der Waals surface area contributed by atoms with Crippen LogP contribution in [0.25, 0.3) is 5.70 Å². The van der Waals surface area contributed by atoms with E-state index in [1.165, 1.54) is 6.07 Å². The summed E-state index contributed by atoms with van der Waals surface area (Å²) in [5.41, 5.74) is 15.1. The molecule has 0 spiro atoms. The van der Waals surface area contributed by atoms with Crippen molar-refractivity contribution in [1.82, 2.24) is 9.78 Å². The number of benzene rings is 1. The first-order valence-electron chi connectivity index (χ1n) is 8.21. The summed E-state index contributed by atoms with van der Waals surface area (Å²) >= 11 is 0. The lowest BCUT2D eigenvalue weighted by molar-refractivity contribution is 0.433. The minimum absolute atomic E-state index is 0.202. The highest BCUT2D eigenvalue weighted by Gasteiger charge is 2.20. The van der Waals surface area contributed by atoms with Gasteiger partial charge in [-0.05, 0) is 43.0 Å². The van der Waals surface area contributed by atoms with E-state index in [1.807, 2.05) is 0 Å². The lowest BCUT2D eigenvalue weighted by atomic mass is 9.91. The smallest absolute Gasteiger partial charge is 0.315 e. The van der Waals surface area contributed by atoms with Crippen LogP contribution in [0.1, 0.15) is 30.7 Å². The van der Waals surface area contributed by atoms with Crippen molar-refractivity contribution in [2.75, 3.05) is 0 Å². The SMILES string of the molecule is Cc1nn(C)/c(=N\C2CCCC(/C=C(\N)c3ccccc3F)=C2N)o1. The van der Waals surface area contributed by atoms with Crippen LogP contribution < -0.4 is 17.2 Å². The second-order valence-electron chi connectivity index (χ2n) is 6.12. The van der Waals surface area contributed by atoms with E-state index in [4.69, 9.17) is 15.9 Å². The molecule has 0 radical (unpaired) electrons. The molecule has 0 fully saturated rings. The summed E-state index contributed by atoms with van der Waals surface area (Å²) in [6.45, 7) is 1.77. The first-order valence-corrected chi connectivity index (χ1v) is 8.21. The predicted molar refractivity (Wildman–Crippen MR) is 93.2 cm³/mol. The average Bonchev–Trinajstić information content (AvgIpc) is 2.89. The Bertz CT molecular complexity index is 906. The monoisotopic (exact) mass is 343 g/mol. The maximum Gasteiger partial charge on any atom is 0.315 e. The van der Waals surface area contributed by atoms with Crippen LogP contribution in [0.2, 0.25) is 0 Å². The van der Waals surface area contributed by atoms with Crippen LogP contribution in [0.4, 0.5) is 4.39 Å². The highest BCUT2D eigenvalue weighted by Crippen LogP contribution is 2.27. The number of aromatic nitrogens is 2. The molecule has 1 aliphatic carbocycles. The molecule has 6 nitrogen and oxygen atoms in total. The molecule has 0 saturated carbocycles. The lowest BCUT2D eigenvalue weighted by Gasteiger charge is -2.21. The van der Waals surface area contributed by atoms with Crippen LogP contribution in [-0.4, -0.2) is 15.8 Å². The van der Waals surface area contributed by atoms with Crippen molar-refractivity contribution in [2.45, 2.75) is 32.2 Å². The minimum Gasteiger partial charge on any atom is -0.408 e. The van der Waals surface area contributed by atoms with Gasteiger partial charge >= 0.3 is 5.68 Å². The summed E-state index contributed by atoms with van der Waals surface area (Å²) in [7, 11) is 1.77. The first kappa shape index (κ1) is 17.0. The number of hydrogen-bond donors (Lipinski definition) is 2. The maximum absolute atomic E-state index is 13.9. The van der Waals surface area contributed by atoms with Gasteiger partial charge in [-0.1, -0.05) is 12.1 Å². The Morgan fingerprint density at radius 1 is 1.44 bits per heavy atom. The van der Waals surface area contributed by atoms with Crippen LogP contribution in [0.5, 0.6) is 0 Å². The van der Waals surface area contributed by atoms with Gasteiger partial charge in [0.1, 0.15) is 5.82 Å². The third-order valence-electron chi connectivity index (χ3n) is 4.24. The van der Waals surface area contributed by atoms with Gasteiger partial charge in [-0.3, -0.25) is 0 Å². The Balaban J connectivity index is 1.96. The number of halogens is 1. The molecule has 7 heteroatoms. The van der Waals surface area contributed by atoms with E-state index < -0.39 is 0 Å². The molecule has 4 N–H and O–H groups in total. The topological polar surface area (TPSA) is 95.4 Å². The molecule has 25 heavy (non-hydrogen) atoms. The lowest BCUT2D eigenvalue weighted by Crippen LogP contribution is -2.26. The van der Waals surface area contributed by atoms with Crippen molar-refractivity contribution in [3.63, 3.8) is 0 Å². The van der Waals surface area contributed by atoms with E-state index >= 15 is 0 Å². The third-order valence-corrected chi connectivity index (χ3v) is 4.24. The second kappa shape index (κ2) is 6.96. The fourth-order valence-corrected chi connectivity index (χ4v) is 2.97. The van der Waals surface area contributed by atoms with Gasteiger partial charge in [0.2, 0.25) is 5.89 Å². The summed E-state index contributed by atoms with van der Waals surface area (Å²) < 4.78 is 21.0. The minimum atomic E-state index is -0.350. The van der Waals surface area contributed by atoms with E-state index in [-0.39, 0.29) is 11.9 Å². The molecule has 3 rings (SSSR count). The number of hydrogen-bond acceptors (Lipinski definition) is 5. The standard InChI is InChI=1S/C18H22FN5O/c1-11-23-24(2)18(25-11)22-16-9-5-6-12(17(16)21)10-15(20)13-7-3-4-8-14(13)19/h3-4,7-8,10,16H,5-6,9,20-21H2,1-2H3/b15-10-,22-18+. The first-order chi connectivity index (χ1) is 12.0. The summed E-state index contributed by atoms with van der Waals surface area (Å²) in [6, 6.07) is 6.22. The molecule has 1 heterocycles. The van der Waals surface area contributed by atoms with Gasteiger partial charge in [-0.15, -0.1) is 5.10 Å². The Morgan fingerprint density at radius 2 is 2.20 bits per heavy atom. The molecular weight excluding hydrogens is 321 g/mol. The van der Waals surface area contributed by atoms with Crippen LogP contribution in [0, 0.1) is 12.7 Å². The average molecular weight is 343 g/mol. The number of nitrogens with two attached hydrogens (primary N) is 2. The largest absolute Gasteiger partial charge is 0.408 e. The zero-order chi connectivity index (χ0) is 18.0. The normalized spacial score (nSPS) is 19.6. The Hall–Kier alpha value is -2.83. The number of rotatable bonds is 3. The molecule has 0 amide bonds. The highest BCUT2D eigenvalue weighted by molar-refractivity contribution is 5.66. The number of aryl methyl sites for hydroxylation is 2.